The fraction of sp³-hybridized carbons (Fsp3) is 0.529. The SMILES string of the molecule is CC1(C)O[C@H]2O[C@H]3[C@H](OC(=O)[C@@]3(CO)NC(=O)c3ccccc3)[C@H]2O1. The largest absolute Gasteiger partial charge is 0.455 e. The summed E-state index contributed by atoms with van der Waals surface area (Å²) in [6, 6.07) is 8.40. The summed E-state index contributed by atoms with van der Waals surface area (Å²) < 4.78 is 22.6. The third-order valence-corrected chi connectivity index (χ3v) is 4.71. The van der Waals surface area contributed by atoms with Crippen molar-refractivity contribution >= 4 is 11.9 Å². The number of carbonyl (C=O) groups is 2. The Balaban J connectivity index is 1.60. The van der Waals surface area contributed by atoms with Gasteiger partial charge in [-0.05, 0) is 26.0 Å². The lowest BCUT2D eigenvalue weighted by molar-refractivity contribution is -0.214. The minimum atomic E-state index is -1.70. The molecule has 1 aromatic rings. The van der Waals surface area contributed by atoms with E-state index in [0.29, 0.717) is 5.56 Å². The van der Waals surface area contributed by atoms with Crippen LogP contribution >= 0.6 is 0 Å². The molecule has 3 fully saturated rings. The molecule has 3 aliphatic heterocycles. The maximum Gasteiger partial charge on any atom is 0.337 e. The van der Waals surface area contributed by atoms with Crippen molar-refractivity contribution in [2.45, 2.75) is 49.8 Å². The van der Waals surface area contributed by atoms with E-state index >= 15 is 0 Å². The summed E-state index contributed by atoms with van der Waals surface area (Å²) in [5.74, 6) is -2.11. The van der Waals surface area contributed by atoms with Crippen LogP contribution in [0.25, 0.3) is 0 Å². The first-order valence-corrected chi connectivity index (χ1v) is 8.07. The van der Waals surface area contributed by atoms with Crippen molar-refractivity contribution in [1.82, 2.24) is 5.32 Å². The summed E-state index contributed by atoms with van der Waals surface area (Å²) in [4.78, 5) is 25.0. The van der Waals surface area contributed by atoms with Crippen LogP contribution in [0.3, 0.4) is 0 Å². The predicted octanol–water partition coefficient (Wildman–Crippen LogP) is -0.0507. The van der Waals surface area contributed by atoms with Gasteiger partial charge in [0, 0.05) is 5.56 Å². The summed E-state index contributed by atoms with van der Waals surface area (Å²) in [7, 11) is 0. The molecule has 5 atom stereocenters. The first kappa shape index (κ1) is 16.5. The third kappa shape index (κ3) is 2.44. The maximum absolute atomic E-state index is 12.5. The van der Waals surface area contributed by atoms with Gasteiger partial charge in [-0.15, -0.1) is 0 Å². The van der Waals surface area contributed by atoms with E-state index in [-0.39, 0.29) is 0 Å². The Kier molecular flexibility index (Phi) is 3.62. The highest BCUT2D eigenvalue weighted by Gasteiger charge is 2.69. The van der Waals surface area contributed by atoms with Crippen molar-refractivity contribution in [2.75, 3.05) is 6.61 Å². The summed E-state index contributed by atoms with van der Waals surface area (Å²) in [5.41, 5.74) is -1.34. The average molecular weight is 349 g/mol. The van der Waals surface area contributed by atoms with Crippen LogP contribution in [0, 0.1) is 0 Å². The summed E-state index contributed by atoms with van der Waals surface area (Å²) in [6.45, 7) is 2.81. The van der Waals surface area contributed by atoms with Gasteiger partial charge < -0.3 is 29.4 Å². The Labute approximate surface area is 144 Å². The molecule has 3 saturated heterocycles. The van der Waals surface area contributed by atoms with E-state index in [9.17, 15) is 14.7 Å². The second-order valence-electron chi connectivity index (χ2n) is 6.84. The van der Waals surface area contributed by atoms with Crippen LogP contribution < -0.4 is 5.32 Å². The Morgan fingerprint density at radius 1 is 1.20 bits per heavy atom. The van der Waals surface area contributed by atoms with Gasteiger partial charge in [0.1, 0.15) is 6.10 Å². The zero-order chi connectivity index (χ0) is 17.8. The number of benzene rings is 1. The lowest BCUT2D eigenvalue weighted by Crippen LogP contribution is -2.62. The summed E-state index contributed by atoms with van der Waals surface area (Å²) >= 11 is 0. The number of rotatable bonds is 3. The average Bonchev–Trinajstić information content (AvgIpc) is 3.15. The minimum Gasteiger partial charge on any atom is -0.455 e. The summed E-state index contributed by atoms with van der Waals surface area (Å²) in [6.07, 6.45) is -2.99. The van der Waals surface area contributed by atoms with Gasteiger partial charge in [0.25, 0.3) is 5.91 Å². The normalized spacial score (nSPS) is 38.1. The van der Waals surface area contributed by atoms with Crippen molar-refractivity contribution < 1.29 is 33.6 Å². The predicted molar refractivity (Wildman–Crippen MR) is 82.3 cm³/mol. The van der Waals surface area contributed by atoms with Gasteiger partial charge in [-0.3, -0.25) is 4.79 Å². The molecule has 0 saturated carbocycles. The molecule has 1 amide bonds. The fourth-order valence-electron chi connectivity index (χ4n) is 3.53. The molecule has 0 spiro atoms. The van der Waals surface area contributed by atoms with E-state index in [0.717, 1.165) is 0 Å². The van der Waals surface area contributed by atoms with E-state index in [4.69, 9.17) is 18.9 Å². The zero-order valence-corrected chi connectivity index (χ0v) is 13.8. The molecule has 4 rings (SSSR count). The number of nitrogens with one attached hydrogen (secondary N) is 1. The highest BCUT2D eigenvalue weighted by atomic mass is 16.8. The van der Waals surface area contributed by atoms with Crippen LogP contribution in [0.4, 0.5) is 0 Å². The molecule has 25 heavy (non-hydrogen) atoms. The molecule has 0 radical (unpaired) electrons. The van der Waals surface area contributed by atoms with Crippen LogP contribution in [0.1, 0.15) is 24.2 Å². The highest BCUT2D eigenvalue weighted by Crippen LogP contribution is 2.45. The lowest BCUT2D eigenvalue weighted by atomic mass is 9.91. The zero-order valence-electron chi connectivity index (χ0n) is 13.8. The standard InChI is InChI=1S/C17H19NO7/c1-16(2)24-11-10-12(23-14(11)25-16)17(8-19,15(21)22-10)18-13(20)9-6-4-3-5-7-9/h3-7,10-12,14,19H,8H2,1-2H3,(H,18,20)/t10-,11-,12+,14-,17+/m1/s1. The molecular formula is C17H19NO7. The number of amides is 1. The number of fused-ring (bicyclic) bond motifs is 3. The molecule has 1 aromatic carbocycles. The molecule has 8 heteroatoms. The molecule has 134 valence electrons. The van der Waals surface area contributed by atoms with Gasteiger partial charge in [0.05, 0.1) is 6.61 Å². The van der Waals surface area contributed by atoms with E-state index in [1.807, 2.05) is 0 Å². The van der Waals surface area contributed by atoms with Gasteiger partial charge in [0.15, 0.2) is 29.8 Å². The van der Waals surface area contributed by atoms with Gasteiger partial charge in [-0.1, -0.05) is 18.2 Å². The summed E-state index contributed by atoms with van der Waals surface area (Å²) in [5, 5.41) is 12.5. The van der Waals surface area contributed by atoms with Gasteiger partial charge in [-0.25, -0.2) is 4.79 Å². The lowest BCUT2D eigenvalue weighted by Gasteiger charge is -2.30. The maximum atomic E-state index is 12.5. The van der Waals surface area contributed by atoms with Gasteiger partial charge >= 0.3 is 5.97 Å². The number of hydrogen-bond donors (Lipinski definition) is 2. The van der Waals surface area contributed by atoms with Crippen LogP contribution in [-0.2, 0) is 23.7 Å². The quantitative estimate of drug-likeness (QED) is 0.738. The molecule has 0 bridgehead atoms. The first-order valence-electron chi connectivity index (χ1n) is 8.07. The molecule has 3 heterocycles. The second-order valence-corrected chi connectivity index (χ2v) is 6.84. The van der Waals surface area contributed by atoms with E-state index in [1.165, 1.54) is 0 Å². The molecule has 8 nitrogen and oxygen atoms in total. The topological polar surface area (TPSA) is 103 Å². The smallest absolute Gasteiger partial charge is 0.337 e. The number of carbonyl (C=O) groups excluding carboxylic acids is 2. The van der Waals surface area contributed by atoms with Crippen molar-refractivity contribution in [2.24, 2.45) is 0 Å². The van der Waals surface area contributed by atoms with E-state index < -0.39 is 54.4 Å². The molecule has 2 N–H and O–H groups in total. The fourth-order valence-corrected chi connectivity index (χ4v) is 3.53. The van der Waals surface area contributed by atoms with E-state index in [2.05, 4.69) is 5.32 Å². The van der Waals surface area contributed by atoms with Crippen molar-refractivity contribution in [3.8, 4) is 0 Å². The highest BCUT2D eigenvalue weighted by molar-refractivity contribution is 5.99. The number of esters is 1. The third-order valence-electron chi connectivity index (χ3n) is 4.71. The van der Waals surface area contributed by atoms with Crippen LogP contribution in [0.15, 0.2) is 30.3 Å². The monoisotopic (exact) mass is 349 g/mol. The van der Waals surface area contributed by atoms with Gasteiger partial charge in [-0.2, -0.15) is 0 Å². The number of hydrogen-bond acceptors (Lipinski definition) is 7. The number of aliphatic hydroxyl groups excluding tert-OH is 1. The van der Waals surface area contributed by atoms with Crippen molar-refractivity contribution in [3.63, 3.8) is 0 Å². The van der Waals surface area contributed by atoms with Crippen LogP contribution in [0.2, 0.25) is 0 Å². The van der Waals surface area contributed by atoms with E-state index in [1.54, 1.807) is 44.2 Å². The van der Waals surface area contributed by atoms with Crippen LogP contribution in [-0.4, -0.2) is 59.5 Å². The Morgan fingerprint density at radius 2 is 1.92 bits per heavy atom. The van der Waals surface area contributed by atoms with Crippen molar-refractivity contribution in [3.05, 3.63) is 35.9 Å². The molecule has 0 aliphatic carbocycles. The Morgan fingerprint density at radius 3 is 2.60 bits per heavy atom. The Bertz CT molecular complexity index is 706. The second kappa shape index (κ2) is 5.50. The number of ether oxygens (including phenoxy) is 4. The molecule has 3 aliphatic rings. The minimum absolute atomic E-state index is 0.360. The van der Waals surface area contributed by atoms with Gasteiger partial charge in [0.2, 0.25) is 0 Å². The number of aliphatic hydroxyl groups is 1. The molecule has 0 aromatic heterocycles. The van der Waals surface area contributed by atoms with Crippen molar-refractivity contribution in [1.29, 1.82) is 0 Å². The Hall–Kier alpha value is -2.00. The first-order chi connectivity index (χ1) is 11.9. The molecular weight excluding hydrogens is 330 g/mol. The molecule has 0 unspecified atom stereocenters. The van der Waals surface area contributed by atoms with Crippen LogP contribution in [0.5, 0.6) is 0 Å².